The Labute approximate surface area is 157 Å². The maximum atomic E-state index is 12.1. The number of nitrogens with one attached hydrogen (secondary N) is 1. The minimum atomic E-state index is -0.591. The Hall–Kier alpha value is -3.34. The fraction of sp³-hybridized carbons (Fsp3) is 0.182. The summed E-state index contributed by atoms with van der Waals surface area (Å²) in [4.78, 5) is 23.8. The molecule has 0 aliphatic carbocycles. The third kappa shape index (κ3) is 5.07. The van der Waals surface area contributed by atoms with E-state index in [2.05, 4.69) is 5.32 Å². The second-order valence-corrected chi connectivity index (χ2v) is 6.12. The first-order chi connectivity index (χ1) is 13.1. The van der Waals surface area contributed by atoms with Crippen molar-refractivity contribution in [2.24, 2.45) is 0 Å². The highest BCUT2D eigenvalue weighted by atomic mass is 16.6. The van der Waals surface area contributed by atoms with Crippen molar-refractivity contribution >= 4 is 22.6 Å². The number of carbonyl (C=O) groups is 2. The van der Waals surface area contributed by atoms with Gasteiger partial charge in [-0.2, -0.15) is 0 Å². The minimum Gasteiger partial charge on any atom is -0.482 e. The molecule has 5 heteroatoms. The molecular formula is C22H21NO4. The molecule has 0 aliphatic heterocycles. The Kier molecular flexibility index (Phi) is 6.05. The van der Waals surface area contributed by atoms with E-state index in [4.69, 9.17) is 9.47 Å². The first kappa shape index (κ1) is 18.5. The smallest absolute Gasteiger partial charge is 0.344 e. The van der Waals surface area contributed by atoms with Crippen LogP contribution in [0.25, 0.3) is 10.8 Å². The Morgan fingerprint density at radius 3 is 2.41 bits per heavy atom. The van der Waals surface area contributed by atoms with Gasteiger partial charge in [-0.1, -0.05) is 60.7 Å². The lowest BCUT2D eigenvalue weighted by Crippen LogP contribution is -2.32. The van der Waals surface area contributed by atoms with E-state index in [9.17, 15) is 9.59 Å². The molecular weight excluding hydrogens is 342 g/mol. The quantitative estimate of drug-likeness (QED) is 0.651. The van der Waals surface area contributed by atoms with Gasteiger partial charge in [0.15, 0.2) is 13.2 Å². The summed E-state index contributed by atoms with van der Waals surface area (Å²) in [5, 5.41) is 5.06. The zero-order valence-corrected chi connectivity index (χ0v) is 15.1. The lowest BCUT2D eigenvalue weighted by Gasteiger charge is -2.16. The van der Waals surface area contributed by atoms with Crippen LogP contribution in [-0.4, -0.2) is 25.1 Å². The maximum absolute atomic E-state index is 12.1. The van der Waals surface area contributed by atoms with Gasteiger partial charge >= 0.3 is 5.97 Å². The average molecular weight is 363 g/mol. The predicted octanol–water partition coefficient (Wildman–Crippen LogP) is 3.64. The van der Waals surface area contributed by atoms with Crippen LogP contribution in [0.15, 0.2) is 72.8 Å². The van der Waals surface area contributed by atoms with E-state index in [-0.39, 0.29) is 25.2 Å². The summed E-state index contributed by atoms with van der Waals surface area (Å²) >= 11 is 0. The Bertz CT molecular complexity index is 919. The van der Waals surface area contributed by atoms with Gasteiger partial charge in [-0.25, -0.2) is 4.79 Å². The standard InChI is InChI=1S/C22H21NO4/c1-16(19-13-7-9-17-8-5-6-12-20(17)19)23-21(24)14-27-22(25)15-26-18-10-3-2-4-11-18/h2-13,16H,14-15H2,1H3,(H,23,24)/t16-/m1/s1. The monoisotopic (exact) mass is 363 g/mol. The number of esters is 1. The second kappa shape index (κ2) is 8.85. The molecule has 3 aromatic carbocycles. The molecule has 0 aliphatic rings. The van der Waals surface area contributed by atoms with E-state index in [0.717, 1.165) is 16.3 Å². The zero-order chi connectivity index (χ0) is 19.1. The van der Waals surface area contributed by atoms with E-state index < -0.39 is 5.97 Å². The zero-order valence-electron chi connectivity index (χ0n) is 15.1. The molecule has 0 saturated heterocycles. The molecule has 3 aromatic rings. The maximum Gasteiger partial charge on any atom is 0.344 e. The first-order valence-corrected chi connectivity index (χ1v) is 8.74. The second-order valence-electron chi connectivity index (χ2n) is 6.12. The van der Waals surface area contributed by atoms with Crippen LogP contribution < -0.4 is 10.1 Å². The van der Waals surface area contributed by atoms with Crippen LogP contribution in [0, 0.1) is 0 Å². The number of para-hydroxylation sites is 1. The van der Waals surface area contributed by atoms with E-state index in [1.807, 2.05) is 67.6 Å². The summed E-state index contributed by atoms with van der Waals surface area (Å²) in [6.07, 6.45) is 0. The molecule has 0 heterocycles. The molecule has 0 saturated carbocycles. The molecule has 0 fully saturated rings. The van der Waals surface area contributed by atoms with Gasteiger partial charge in [0, 0.05) is 0 Å². The van der Waals surface area contributed by atoms with Gasteiger partial charge in [0.2, 0.25) is 0 Å². The largest absolute Gasteiger partial charge is 0.482 e. The van der Waals surface area contributed by atoms with Crippen molar-refractivity contribution in [2.75, 3.05) is 13.2 Å². The first-order valence-electron chi connectivity index (χ1n) is 8.74. The summed E-state index contributed by atoms with van der Waals surface area (Å²) < 4.78 is 10.3. The molecule has 1 atom stereocenters. The SMILES string of the molecule is C[C@@H](NC(=O)COC(=O)COc1ccccc1)c1cccc2ccccc12. The van der Waals surface area contributed by atoms with Crippen molar-refractivity contribution in [3.63, 3.8) is 0 Å². The number of amides is 1. The predicted molar refractivity (Wildman–Crippen MR) is 103 cm³/mol. The van der Waals surface area contributed by atoms with Crippen LogP contribution in [0.1, 0.15) is 18.5 Å². The molecule has 138 valence electrons. The summed E-state index contributed by atoms with van der Waals surface area (Å²) in [7, 11) is 0. The molecule has 0 bridgehead atoms. The number of ether oxygens (including phenoxy) is 2. The summed E-state index contributed by atoms with van der Waals surface area (Å²) in [5.41, 5.74) is 1.01. The molecule has 27 heavy (non-hydrogen) atoms. The summed E-state index contributed by atoms with van der Waals surface area (Å²) in [6.45, 7) is 1.32. The number of benzene rings is 3. The number of carbonyl (C=O) groups excluding carboxylic acids is 2. The average Bonchev–Trinajstić information content (AvgIpc) is 2.71. The topological polar surface area (TPSA) is 64.6 Å². The molecule has 0 spiro atoms. The highest BCUT2D eigenvalue weighted by Crippen LogP contribution is 2.23. The van der Waals surface area contributed by atoms with Crippen LogP contribution in [-0.2, 0) is 14.3 Å². The summed E-state index contributed by atoms with van der Waals surface area (Å²) in [5.74, 6) is -0.376. The fourth-order valence-corrected chi connectivity index (χ4v) is 2.84. The molecule has 5 nitrogen and oxygen atoms in total. The van der Waals surface area contributed by atoms with Crippen molar-refractivity contribution < 1.29 is 19.1 Å². The molecule has 1 amide bonds. The van der Waals surface area contributed by atoms with Crippen LogP contribution in [0.4, 0.5) is 0 Å². The lowest BCUT2D eigenvalue weighted by molar-refractivity contribution is -0.150. The number of hydrogen-bond acceptors (Lipinski definition) is 4. The third-order valence-corrected chi connectivity index (χ3v) is 4.13. The van der Waals surface area contributed by atoms with Crippen LogP contribution in [0.2, 0.25) is 0 Å². The number of rotatable bonds is 7. The molecule has 0 aromatic heterocycles. The van der Waals surface area contributed by atoms with Crippen LogP contribution in [0.5, 0.6) is 5.75 Å². The van der Waals surface area contributed by atoms with Gasteiger partial charge < -0.3 is 14.8 Å². The third-order valence-electron chi connectivity index (χ3n) is 4.13. The fourth-order valence-electron chi connectivity index (χ4n) is 2.84. The van der Waals surface area contributed by atoms with E-state index in [1.54, 1.807) is 12.1 Å². The van der Waals surface area contributed by atoms with Crippen molar-refractivity contribution in [1.82, 2.24) is 5.32 Å². The van der Waals surface area contributed by atoms with Gasteiger partial charge in [-0.3, -0.25) is 4.79 Å². The van der Waals surface area contributed by atoms with Gasteiger partial charge in [0.25, 0.3) is 5.91 Å². The van der Waals surface area contributed by atoms with Crippen LogP contribution in [0.3, 0.4) is 0 Å². The highest BCUT2D eigenvalue weighted by Gasteiger charge is 2.14. The van der Waals surface area contributed by atoms with E-state index in [1.165, 1.54) is 0 Å². The number of hydrogen-bond donors (Lipinski definition) is 1. The van der Waals surface area contributed by atoms with Crippen molar-refractivity contribution in [3.8, 4) is 5.75 Å². The Morgan fingerprint density at radius 1 is 0.889 bits per heavy atom. The van der Waals surface area contributed by atoms with Gasteiger partial charge in [0.05, 0.1) is 6.04 Å². The van der Waals surface area contributed by atoms with Crippen molar-refractivity contribution in [1.29, 1.82) is 0 Å². The van der Waals surface area contributed by atoms with Crippen molar-refractivity contribution in [2.45, 2.75) is 13.0 Å². The highest BCUT2D eigenvalue weighted by molar-refractivity contribution is 5.87. The van der Waals surface area contributed by atoms with E-state index >= 15 is 0 Å². The molecule has 0 radical (unpaired) electrons. The number of fused-ring (bicyclic) bond motifs is 1. The molecule has 3 rings (SSSR count). The van der Waals surface area contributed by atoms with Gasteiger partial charge in [-0.15, -0.1) is 0 Å². The Morgan fingerprint density at radius 2 is 1.59 bits per heavy atom. The summed E-state index contributed by atoms with van der Waals surface area (Å²) in [6, 6.07) is 22.7. The lowest BCUT2D eigenvalue weighted by atomic mass is 10.00. The molecule has 0 unspecified atom stereocenters. The minimum absolute atomic E-state index is 0.206. The van der Waals surface area contributed by atoms with Gasteiger partial charge in [-0.05, 0) is 35.4 Å². The van der Waals surface area contributed by atoms with Gasteiger partial charge in [0.1, 0.15) is 5.75 Å². The van der Waals surface area contributed by atoms with E-state index in [0.29, 0.717) is 5.75 Å². The van der Waals surface area contributed by atoms with Crippen molar-refractivity contribution in [3.05, 3.63) is 78.4 Å². The normalized spacial score (nSPS) is 11.6. The van der Waals surface area contributed by atoms with Crippen LogP contribution >= 0.6 is 0 Å². The molecule has 1 N–H and O–H groups in total. The Balaban J connectivity index is 1.49.